The predicted molar refractivity (Wildman–Crippen MR) is 112 cm³/mol. The first-order valence-corrected chi connectivity index (χ1v) is 9.76. The molecule has 3 aromatic rings. The Morgan fingerprint density at radius 3 is 2.53 bits per heavy atom. The van der Waals surface area contributed by atoms with Gasteiger partial charge in [0.1, 0.15) is 28.8 Å². The zero-order valence-electron chi connectivity index (χ0n) is 17.1. The van der Waals surface area contributed by atoms with E-state index in [2.05, 4.69) is 30.2 Å². The van der Waals surface area contributed by atoms with Crippen molar-refractivity contribution in [1.82, 2.24) is 4.98 Å². The van der Waals surface area contributed by atoms with Crippen molar-refractivity contribution in [1.29, 1.82) is 0 Å². The molecule has 0 atom stereocenters. The Labute approximate surface area is 173 Å². The highest BCUT2D eigenvalue weighted by Crippen LogP contribution is 2.41. The summed E-state index contributed by atoms with van der Waals surface area (Å²) in [6, 6.07) is 10.9. The number of anilines is 1. The van der Waals surface area contributed by atoms with Gasteiger partial charge in [-0.15, -0.1) is 0 Å². The topological polar surface area (TPSA) is 51.2 Å². The number of amides is 1. The summed E-state index contributed by atoms with van der Waals surface area (Å²) < 4.78 is 33.4. The molecule has 2 aromatic carbocycles. The number of halogens is 2. The fourth-order valence-electron chi connectivity index (χ4n) is 3.71. The lowest BCUT2D eigenvalue weighted by Crippen LogP contribution is -2.26. The minimum atomic E-state index is -0.918. The number of nitrogens with zero attached hydrogens (tertiary/aromatic N) is 1. The zero-order valence-corrected chi connectivity index (χ0v) is 17.1. The summed E-state index contributed by atoms with van der Waals surface area (Å²) in [6.07, 6.45) is 2.58. The fourth-order valence-corrected chi connectivity index (χ4v) is 3.71. The summed E-state index contributed by atoms with van der Waals surface area (Å²) >= 11 is 0. The second-order valence-corrected chi connectivity index (χ2v) is 8.13. The lowest BCUT2D eigenvalue weighted by Gasteiger charge is -2.33. The van der Waals surface area contributed by atoms with Gasteiger partial charge in [-0.2, -0.15) is 0 Å². The van der Waals surface area contributed by atoms with Gasteiger partial charge in [0.2, 0.25) is 0 Å². The van der Waals surface area contributed by atoms with Crippen molar-refractivity contribution in [2.45, 2.75) is 32.6 Å². The molecule has 1 aromatic heterocycles. The van der Waals surface area contributed by atoms with Crippen LogP contribution in [0.3, 0.4) is 0 Å². The van der Waals surface area contributed by atoms with E-state index in [1.165, 1.54) is 6.07 Å². The molecule has 0 aliphatic carbocycles. The van der Waals surface area contributed by atoms with E-state index in [1.54, 1.807) is 12.3 Å². The molecular weight excluding hydrogens is 386 g/mol. The number of pyridine rings is 1. The minimum absolute atomic E-state index is 0.0151. The summed E-state index contributed by atoms with van der Waals surface area (Å²) in [7, 11) is 0. The Morgan fingerprint density at radius 1 is 1.13 bits per heavy atom. The van der Waals surface area contributed by atoms with Gasteiger partial charge in [-0.1, -0.05) is 19.9 Å². The molecule has 0 bridgehead atoms. The van der Waals surface area contributed by atoms with Gasteiger partial charge in [0.05, 0.1) is 6.61 Å². The fraction of sp³-hybridized carbons (Fsp3) is 0.250. The van der Waals surface area contributed by atoms with Crippen molar-refractivity contribution in [2.75, 3.05) is 11.9 Å². The summed E-state index contributed by atoms with van der Waals surface area (Å²) in [5.74, 6) is -1.59. The molecule has 0 spiro atoms. The highest BCUT2D eigenvalue weighted by atomic mass is 19.1. The molecule has 30 heavy (non-hydrogen) atoms. The lowest BCUT2D eigenvalue weighted by molar-refractivity contribution is 0.101. The Balaban J connectivity index is 1.61. The van der Waals surface area contributed by atoms with Crippen LogP contribution < -0.4 is 10.1 Å². The first-order valence-electron chi connectivity index (χ1n) is 9.76. The molecule has 1 N–H and O–H groups in total. The van der Waals surface area contributed by atoms with E-state index in [4.69, 9.17) is 4.74 Å². The molecule has 0 saturated heterocycles. The van der Waals surface area contributed by atoms with Crippen LogP contribution in [0.1, 0.15) is 41.8 Å². The average molecular weight is 408 g/mol. The summed E-state index contributed by atoms with van der Waals surface area (Å²) in [6.45, 7) is 7.12. The standard InChI is InChI=1S/C24H22F2N2O2/c1-14-11-20-17(24(2,3)9-10-30-20)12-16(14)15-7-8-21(27-13-15)28-23(29)22-18(25)5-4-6-19(22)26/h4-8,11-13H,9-10H2,1-3H3,(H,27,28,29). The van der Waals surface area contributed by atoms with Gasteiger partial charge in [0, 0.05) is 17.3 Å². The van der Waals surface area contributed by atoms with Crippen molar-refractivity contribution in [3.8, 4) is 16.9 Å². The number of nitrogens with one attached hydrogen (secondary N) is 1. The highest BCUT2D eigenvalue weighted by Gasteiger charge is 2.29. The number of aromatic nitrogens is 1. The number of carbonyl (C=O) groups excluding carboxylic acids is 1. The van der Waals surface area contributed by atoms with Gasteiger partial charge < -0.3 is 10.1 Å². The maximum Gasteiger partial charge on any atom is 0.262 e. The Hall–Kier alpha value is -3.28. The number of rotatable bonds is 3. The van der Waals surface area contributed by atoms with Gasteiger partial charge in [-0.05, 0) is 66.3 Å². The van der Waals surface area contributed by atoms with Crippen LogP contribution in [0.25, 0.3) is 11.1 Å². The van der Waals surface area contributed by atoms with Crippen LogP contribution in [-0.4, -0.2) is 17.5 Å². The third-order valence-corrected chi connectivity index (χ3v) is 5.55. The lowest BCUT2D eigenvalue weighted by atomic mass is 9.78. The molecule has 6 heteroatoms. The van der Waals surface area contributed by atoms with Crippen molar-refractivity contribution < 1.29 is 18.3 Å². The van der Waals surface area contributed by atoms with E-state index >= 15 is 0 Å². The minimum Gasteiger partial charge on any atom is -0.493 e. The Morgan fingerprint density at radius 2 is 1.87 bits per heavy atom. The van der Waals surface area contributed by atoms with Crippen LogP contribution in [0.15, 0.2) is 48.7 Å². The number of benzene rings is 2. The Bertz CT molecular complexity index is 1100. The predicted octanol–water partition coefficient (Wildman–Crippen LogP) is 5.65. The SMILES string of the molecule is Cc1cc2c(cc1-c1ccc(NC(=O)c3c(F)cccc3F)nc1)C(C)(C)CCO2. The van der Waals surface area contributed by atoms with Crippen molar-refractivity contribution in [3.63, 3.8) is 0 Å². The van der Waals surface area contributed by atoms with E-state index in [9.17, 15) is 13.6 Å². The van der Waals surface area contributed by atoms with Gasteiger partial charge in [0.25, 0.3) is 5.91 Å². The van der Waals surface area contributed by atoms with Crippen molar-refractivity contribution >= 4 is 11.7 Å². The van der Waals surface area contributed by atoms with Crippen LogP contribution >= 0.6 is 0 Å². The molecule has 0 radical (unpaired) electrons. The van der Waals surface area contributed by atoms with E-state index in [0.29, 0.717) is 6.61 Å². The van der Waals surface area contributed by atoms with Crippen LogP contribution in [0.2, 0.25) is 0 Å². The van der Waals surface area contributed by atoms with E-state index < -0.39 is 23.1 Å². The largest absolute Gasteiger partial charge is 0.493 e. The summed E-state index contributed by atoms with van der Waals surface area (Å²) in [5.41, 5.74) is 3.50. The molecule has 1 amide bonds. The van der Waals surface area contributed by atoms with Crippen LogP contribution in [-0.2, 0) is 5.41 Å². The van der Waals surface area contributed by atoms with Crippen LogP contribution in [0.5, 0.6) is 5.75 Å². The second-order valence-electron chi connectivity index (χ2n) is 8.13. The van der Waals surface area contributed by atoms with E-state index in [-0.39, 0.29) is 11.2 Å². The maximum atomic E-state index is 13.8. The number of ether oxygens (including phenoxy) is 1. The molecule has 0 fully saturated rings. The number of aryl methyl sites for hydroxylation is 1. The van der Waals surface area contributed by atoms with Crippen molar-refractivity contribution in [3.05, 3.63) is 77.0 Å². The van der Waals surface area contributed by atoms with Crippen LogP contribution in [0.4, 0.5) is 14.6 Å². The molecule has 1 aliphatic heterocycles. The molecule has 0 unspecified atom stereocenters. The van der Waals surface area contributed by atoms with Crippen LogP contribution in [0, 0.1) is 18.6 Å². The van der Waals surface area contributed by atoms with E-state index in [1.807, 2.05) is 19.1 Å². The Kier molecular flexibility index (Phi) is 5.02. The normalized spacial score (nSPS) is 14.6. The number of carbonyl (C=O) groups is 1. The third kappa shape index (κ3) is 3.65. The molecule has 2 heterocycles. The second kappa shape index (κ2) is 7.52. The molecule has 1 aliphatic rings. The molecule has 0 saturated carbocycles. The quantitative estimate of drug-likeness (QED) is 0.609. The van der Waals surface area contributed by atoms with Crippen molar-refractivity contribution in [2.24, 2.45) is 0 Å². The zero-order chi connectivity index (χ0) is 21.5. The molecule has 154 valence electrons. The number of hydrogen-bond acceptors (Lipinski definition) is 3. The number of hydrogen-bond donors (Lipinski definition) is 1. The molecular formula is C24H22F2N2O2. The highest BCUT2D eigenvalue weighted by molar-refractivity contribution is 6.04. The molecule has 4 nitrogen and oxygen atoms in total. The molecule has 4 rings (SSSR count). The summed E-state index contributed by atoms with van der Waals surface area (Å²) in [5, 5.41) is 2.45. The third-order valence-electron chi connectivity index (χ3n) is 5.55. The van der Waals surface area contributed by atoms with Gasteiger partial charge in [-0.3, -0.25) is 4.79 Å². The van der Waals surface area contributed by atoms with Gasteiger partial charge >= 0.3 is 0 Å². The van der Waals surface area contributed by atoms with Gasteiger partial charge in [0.15, 0.2) is 0 Å². The maximum absolute atomic E-state index is 13.8. The van der Waals surface area contributed by atoms with Gasteiger partial charge in [-0.25, -0.2) is 13.8 Å². The van der Waals surface area contributed by atoms with E-state index in [0.717, 1.165) is 46.6 Å². The summed E-state index contributed by atoms with van der Waals surface area (Å²) in [4.78, 5) is 16.5. The first-order chi connectivity index (χ1) is 14.3. The average Bonchev–Trinajstić information content (AvgIpc) is 2.68. The first kappa shape index (κ1) is 20.0. The monoisotopic (exact) mass is 408 g/mol. The smallest absolute Gasteiger partial charge is 0.262 e. The number of fused-ring (bicyclic) bond motifs is 1.